The van der Waals surface area contributed by atoms with Crippen molar-refractivity contribution in [1.29, 1.82) is 0 Å². The highest BCUT2D eigenvalue weighted by molar-refractivity contribution is 5.05. The van der Waals surface area contributed by atoms with Gasteiger partial charge in [-0.15, -0.1) is 0 Å². The van der Waals surface area contributed by atoms with E-state index in [1.807, 2.05) is 19.3 Å². The van der Waals surface area contributed by atoms with E-state index in [0.717, 1.165) is 30.9 Å². The Morgan fingerprint density at radius 2 is 2.07 bits per heavy atom. The van der Waals surface area contributed by atoms with Gasteiger partial charge in [-0.05, 0) is 19.9 Å². The smallest absolute Gasteiger partial charge is 0.156 e. The largest absolute Gasteiger partial charge is 0.374 e. The minimum absolute atomic E-state index is 0.0392. The molecule has 4 nitrogen and oxygen atoms in total. The highest BCUT2D eigenvalue weighted by Crippen LogP contribution is 2.09. The average molecular weight is 209 g/mol. The summed E-state index contributed by atoms with van der Waals surface area (Å²) in [5, 5.41) is 3.30. The minimum atomic E-state index is -0.0392. The van der Waals surface area contributed by atoms with Crippen molar-refractivity contribution in [2.45, 2.75) is 32.9 Å². The maximum absolute atomic E-state index is 5.13. The lowest BCUT2D eigenvalue weighted by Crippen LogP contribution is -2.14. The molecule has 1 aromatic heterocycles. The number of nitrogens with zero attached hydrogens (tertiary/aromatic N) is 2. The van der Waals surface area contributed by atoms with Gasteiger partial charge in [0.1, 0.15) is 6.10 Å². The Kier molecular flexibility index (Phi) is 5.21. The summed E-state index contributed by atoms with van der Waals surface area (Å²) in [5.41, 5.74) is 1.11. The van der Waals surface area contributed by atoms with Gasteiger partial charge < -0.3 is 10.1 Å². The summed E-state index contributed by atoms with van der Waals surface area (Å²) >= 11 is 0. The topological polar surface area (TPSA) is 47.0 Å². The van der Waals surface area contributed by atoms with Crippen LogP contribution >= 0.6 is 0 Å². The van der Waals surface area contributed by atoms with Gasteiger partial charge in [0.2, 0.25) is 0 Å². The van der Waals surface area contributed by atoms with Crippen LogP contribution in [0.5, 0.6) is 0 Å². The first-order valence-corrected chi connectivity index (χ1v) is 5.32. The van der Waals surface area contributed by atoms with Gasteiger partial charge in [-0.1, -0.05) is 6.92 Å². The molecule has 1 heterocycles. The molecule has 0 radical (unpaired) electrons. The van der Waals surface area contributed by atoms with Gasteiger partial charge in [0.05, 0.1) is 0 Å². The Balaban J connectivity index is 2.49. The fourth-order valence-corrected chi connectivity index (χ4v) is 1.18. The standard InChI is InChI=1S/C11H19N3O/c1-4-5-12-6-10-7-13-11(14-8-10)9(2)15-3/h7-9,12H,4-6H2,1-3H3. The van der Waals surface area contributed by atoms with E-state index in [0.29, 0.717) is 0 Å². The van der Waals surface area contributed by atoms with Gasteiger partial charge >= 0.3 is 0 Å². The van der Waals surface area contributed by atoms with Gasteiger partial charge in [0.25, 0.3) is 0 Å². The van der Waals surface area contributed by atoms with Crippen LogP contribution in [-0.2, 0) is 11.3 Å². The minimum Gasteiger partial charge on any atom is -0.374 e. The molecule has 0 aliphatic rings. The zero-order chi connectivity index (χ0) is 11.1. The Labute approximate surface area is 91.1 Å². The van der Waals surface area contributed by atoms with Crippen molar-refractivity contribution in [2.75, 3.05) is 13.7 Å². The molecule has 1 aromatic rings. The molecule has 0 aliphatic carbocycles. The predicted octanol–water partition coefficient (Wildman–Crippen LogP) is 1.68. The second-order valence-corrected chi connectivity index (χ2v) is 3.50. The van der Waals surface area contributed by atoms with Crippen LogP contribution in [-0.4, -0.2) is 23.6 Å². The van der Waals surface area contributed by atoms with Gasteiger partial charge in [0.15, 0.2) is 5.82 Å². The fraction of sp³-hybridized carbons (Fsp3) is 0.636. The molecule has 1 rings (SSSR count). The number of hydrogen-bond acceptors (Lipinski definition) is 4. The van der Waals surface area contributed by atoms with Gasteiger partial charge in [-0.2, -0.15) is 0 Å². The maximum Gasteiger partial charge on any atom is 0.156 e. The van der Waals surface area contributed by atoms with Crippen molar-refractivity contribution in [3.05, 3.63) is 23.8 Å². The first-order valence-electron chi connectivity index (χ1n) is 5.32. The van der Waals surface area contributed by atoms with Crippen LogP contribution in [0.25, 0.3) is 0 Å². The van der Waals surface area contributed by atoms with Crippen LogP contribution < -0.4 is 5.32 Å². The molecule has 0 amide bonds. The Bertz CT molecular complexity index is 274. The molecule has 15 heavy (non-hydrogen) atoms. The van der Waals surface area contributed by atoms with Gasteiger partial charge in [-0.25, -0.2) is 9.97 Å². The van der Waals surface area contributed by atoms with Crippen molar-refractivity contribution >= 4 is 0 Å². The van der Waals surface area contributed by atoms with E-state index in [-0.39, 0.29) is 6.10 Å². The lowest BCUT2D eigenvalue weighted by Gasteiger charge is -2.08. The number of rotatable bonds is 6. The lowest BCUT2D eigenvalue weighted by molar-refractivity contribution is 0.112. The number of methoxy groups -OCH3 is 1. The Morgan fingerprint density at radius 3 is 2.60 bits per heavy atom. The van der Waals surface area contributed by atoms with Crippen molar-refractivity contribution in [2.24, 2.45) is 0 Å². The molecule has 1 N–H and O–H groups in total. The summed E-state index contributed by atoms with van der Waals surface area (Å²) in [6.45, 7) is 5.93. The normalized spacial score (nSPS) is 12.7. The summed E-state index contributed by atoms with van der Waals surface area (Å²) < 4.78 is 5.13. The van der Waals surface area contributed by atoms with E-state index in [4.69, 9.17) is 4.74 Å². The zero-order valence-corrected chi connectivity index (χ0v) is 9.66. The number of ether oxygens (including phenoxy) is 1. The van der Waals surface area contributed by atoms with Crippen molar-refractivity contribution < 1.29 is 4.74 Å². The summed E-state index contributed by atoms with van der Waals surface area (Å²) in [4.78, 5) is 8.50. The molecule has 1 atom stereocenters. The monoisotopic (exact) mass is 209 g/mol. The van der Waals surface area contributed by atoms with E-state index >= 15 is 0 Å². The molecule has 84 valence electrons. The van der Waals surface area contributed by atoms with Crippen molar-refractivity contribution in [1.82, 2.24) is 15.3 Å². The molecular formula is C11H19N3O. The third-order valence-electron chi connectivity index (χ3n) is 2.20. The quantitative estimate of drug-likeness (QED) is 0.724. The first-order chi connectivity index (χ1) is 7.27. The van der Waals surface area contributed by atoms with E-state index in [1.54, 1.807) is 7.11 Å². The second-order valence-electron chi connectivity index (χ2n) is 3.50. The first kappa shape index (κ1) is 12.1. The molecule has 4 heteroatoms. The van der Waals surface area contributed by atoms with E-state index in [2.05, 4.69) is 22.2 Å². The molecule has 1 unspecified atom stereocenters. The number of nitrogens with one attached hydrogen (secondary N) is 1. The molecule has 0 aliphatic heterocycles. The van der Waals surface area contributed by atoms with Crippen LogP contribution in [0.4, 0.5) is 0 Å². The molecule has 0 aromatic carbocycles. The average Bonchev–Trinajstić information content (AvgIpc) is 2.29. The molecule has 0 saturated carbocycles. The summed E-state index contributed by atoms with van der Waals surface area (Å²) in [7, 11) is 1.66. The predicted molar refractivity (Wildman–Crippen MR) is 59.5 cm³/mol. The third-order valence-corrected chi connectivity index (χ3v) is 2.20. The highest BCUT2D eigenvalue weighted by atomic mass is 16.5. The Morgan fingerprint density at radius 1 is 1.40 bits per heavy atom. The van der Waals surface area contributed by atoms with Crippen LogP contribution in [0.1, 0.15) is 37.8 Å². The maximum atomic E-state index is 5.13. The van der Waals surface area contributed by atoms with Crippen molar-refractivity contribution in [3.63, 3.8) is 0 Å². The fourth-order valence-electron chi connectivity index (χ4n) is 1.18. The molecular weight excluding hydrogens is 190 g/mol. The highest BCUT2D eigenvalue weighted by Gasteiger charge is 2.05. The third kappa shape index (κ3) is 3.93. The second kappa shape index (κ2) is 6.48. The van der Waals surface area contributed by atoms with E-state index < -0.39 is 0 Å². The summed E-state index contributed by atoms with van der Waals surface area (Å²) in [6.07, 6.45) is 4.79. The van der Waals surface area contributed by atoms with E-state index in [9.17, 15) is 0 Å². The summed E-state index contributed by atoms with van der Waals surface area (Å²) in [5.74, 6) is 0.733. The van der Waals surface area contributed by atoms with Crippen LogP contribution in [0, 0.1) is 0 Å². The molecule has 0 saturated heterocycles. The lowest BCUT2D eigenvalue weighted by atomic mass is 10.3. The van der Waals surface area contributed by atoms with Crippen molar-refractivity contribution in [3.8, 4) is 0 Å². The van der Waals surface area contributed by atoms with E-state index in [1.165, 1.54) is 0 Å². The molecule has 0 bridgehead atoms. The summed E-state index contributed by atoms with van der Waals surface area (Å²) in [6, 6.07) is 0. The molecule has 0 spiro atoms. The van der Waals surface area contributed by atoms with Gasteiger partial charge in [-0.3, -0.25) is 0 Å². The van der Waals surface area contributed by atoms with Crippen LogP contribution in [0.3, 0.4) is 0 Å². The van der Waals surface area contributed by atoms with Gasteiger partial charge in [0, 0.05) is 31.6 Å². The Hall–Kier alpha value is -1.00. The molecule has 0 fully saturated rings. The van der Waals surface area contributed by atoms with Crippen LogP contribution in [0.15, 0.2) is 12.4 Å². The number of hydrogen-bond donors (Lipinski definition) is 1. The van der Waals surface area contributed by atoms with Crippen LogP contribution in [0.2, 0.25) is 0 Å². The zero-order valence-electron chi connectivity index (χ0n) is 9.66. The SMILES string of the molecule is CCCNCc1cnc(C(C)OC)nc1. The number of aromatic nitrogens is 2.